The molecule has 6 nitrogen and oxygen atoms in total. The fourth-order valence-corrected chi connectivity index (χ4v) is 2.86. The Kier molecular flexibility index (Phi) is 8.21. The molecule has 0 spiro atoms. The van der Waals surface area contributed by atoms with Crippen LogP contribution in [0.3, 0.4) is 0 Å². The van der Waals surface area contributed by atoms with E-state index in [1.807, 2.05) is 81.4 Å². The number of carbonyl (C=O) groups excluding carboxylic acids is 2. The molecule has 4 N–H and O–H groups in total. The molecule has 0 heterocycles. The van der Waals surface area contributed by atoms with Crippen molar-refractivity contribution >= 4 is 12.0 Å². The number of amides is 2. The van der Waals surface area contributed by atoms with Gasteiger partial charge >= 0.3 is 6.09 Å². The van der Waals surface area contributed by atoms with Gasteiger partial charge < -0.3 is 21.1 Å². The van der Waals surface area contributed by atoms with Crippen molar-refractivity contribution in [1.29, 1.82) is 0 Å². The molecule has 0 bridgehead atoms. The average molecular weight is 398 g/mol. The van der Waals surface area contributed by atoms with Crippen LogP contribution in [0.25, 0.3) is 0 Å². The lowest BCUT2D eigenvalue weighted by Gasteiger charge is -2.24. The summed E-state index contributed by atoms with van der Waals surface area (Å²) < 4.78 is 5.35. The maximum Gasteiger partial charge on any atom is 0.407 e. The molecule has 0 unspecified atom stereocenters. The highest BCUT2D eigenvalue weighted by atomic mass is 16.6. The van der Waals surface area contributed by atoms with Crippen LogP contribution in [-0.2, 0) is 22.4 Å². The number of carbonyl (C=O) groups is 2. The van der Waals surface area contributed by atoms with E-state index >= 15 is 0 Å². The molecule has 0 fully saturated rings. The lowest BCUT2D eigenvalue weighted by molar-refractivity contribution is -0.122. The van der Waals surface area contributed by atoms with Crippen molar-refractivity contribution in [2.75, 3.05) is 6.54 Å². The van der Waals surface area contributed by atoms with Gasteiger partial charge in [-0.1, -0.05) is 60.7 Å². The van der Waals surface area contributed by atoms with E-state index in [4.69, 9.17) is 10.5 Å². The summed E-state index contributed by atoms with van der Waals surface area (Å²) in [6.45, 7) is 5.69. The van der Waals surface area contributed by atoms with Crippen LogP contribution in [-0.4, -0.2) is 36.2 Å². The first kappa shape index (κ1) is 22.4. The van der Waals surface area contributed by atoms with Gasteiger partial charge in [0.1, 0.15) is 5.60 Å². The van der Waals surface area contributed by atoms with E-state index in [-0.39, 0.29) is 18.5 Å². The molecule has 2 amide bonds. The highest BCUT2D eigenvalue weighted by molar-refractivity contribution is 5.81. The lowest BCUT2D eigenvalue weighted by atomic mass is 10.0. The highest BCUT2D eigenvalue weighted by Crippen LogP contribution is 2.08. The van der Waals surface area contributed by atoms with E-state index in [0.29, 0.717) is 12.8 Å². The quantitative estimate of drug-likeness (QED) is 0.638. The second-order valence-corrected chi connectivity index (χ2v) is 8.07. The molecule has 2 rings (SSSR count). The van der Waals surface area contributed by atoms with Gasteiger partial charge in [0.25, 0.3) is 0 Å². The molecule has 0 aliphatic carbocycles. The zero-order valence-electron chi connectivity index (χ0n) is 17.4. The topological polar surface area (TPSA) is 93.5 Å². The zero-order chi connectivity index (χ0) is 21.3. The Morgan fingerprint density at radius 3 is 1.97 bits per heavy atom. The lowest BCUT2D eigenvalue weighted by Crippen LogP contribution is -2.50. The number of nitrogens with one attached hydrogen (secondary N) is 2. The van der Waals surface area contributed by atoms with Crippen LogP contribution >= 0.6 is 0 Å². The number of hydrogen-bond acceptors (Lipinski definition) is 4. The van der Waals surface area contributed by atoms with Crippen LogP contribution in [0.15, 0.2) is 60.7 Å². The molecule has 0 saturated heterocycles. The number of rotatable bonds is 8. The normalized spacial score (nSPS) is 13.2. The Balaban J connectivity index is 1.94. The van der Waals surface area contributed by atoms with Gasteiger partial charge in [-0.2, -0.15) is 0 Å². The minimum Gasteiger partial charge on any atom is -0.444 e. The Morgan fingerprint density at radius 2 is 1.45 bits per heavy atom. The number of benzene rings is 2. The van der Waals surface area contributed by atoms with E-state index in [1.54, 1.807) is 0 Å². The molecule has 2 aromatic carbocycles. The van der Waals surface area contributed by atoms with Crippen molar-refractivity contribution in [3.63, 3.8) is 0 Å². The highest BCUT2D eigenvalue weighted by Gasteiger charge is 2.21. The minimum absolute atomic E-state index is 0.252. The Bertz CT molecular complexity index is 773. The summed E-state index contributed by atoms with van der Waals surface area (Å²) in [4.78, 5) is 24.6. The largest absolute Gasteiger partial charge is 0.444 e. The third kappa shape index (κ3) is 8.79. The molecular formula is C23H31N3O3. The van der Waals surface area contributed by atoms with Gasteiger partial charge in [-0.25, -0.2) is 4.79 Å². The number of nitrogens with two attached hydrogens (primary N) is 1. The minimum atomic E-state index is -0.656. The summed E-state index contributed by atoms with van der Waals surface area (Å²) in [6, 6.07) is 18.4. The number of hydrogen-bond donors (Lipinski definition) is 3. The first-order valence-electron chi connectivity index (χ1n) is 9.83. The van der Waals surface area contributed by atoms with Gasteiger partial charge in [0.2, 0.25) is 5.91 Å². The smallest absolute Gasteiger partial charge is 0.407 e. The summed E-state index contributed by atoms with van der Waals surface area (Å²) in [5, 5.41) is 5.71. The van der Waals surface area contributed by atoms with Crippen LogP contribution in [0.2, 0.25) is 0 Å². The molecule has 29 heavy (non-hydrogen) atoms. The monoisotopic (exact) mass is 397 g/mol. The molecule has 0 saturated carbocycles. The maximum absolute atomic E-state index is 12.4. The third-order valence-electron chi connectivity index (χ3n) is 4.20. The van der Waals surface area contributed by atoms with Crippen molar-refractivity contribution in [2.24, 2.45) is 5.73 Å². The second kappa shape index (κ2) is 10.6. The fraction of sp³-hybridized carbons (Fsp3) is 0.391. The van der Waals surface area contributed by atoms with E-state index in [9.17, 15) is 9.59 Å². The van der Waals surface area contributed by atoms with Gasteiger partial charge in [-0.05, 0) is 44.7 Å². The third-order valence-corrected chi connectivity index (χ3v) is 4.20. The van der Waals surface area contributed by atoms with Gasteiger partial charge in [0, 0.05) is 6.54 Å². The molecule has 0 aliphatic heterocycles. The molecular weight excluding hydrogens is 366 g/mol. The van der Waals surface area contributed by atoms with Crippen molar-refractivity contribution in [2.45, 2.75) is 51.3 Å². The Hall–Kier alpha value is -2.86. The molecule has 0 aromatic heterocycles. The second-order valence-electron chi connectivity index (χ2n) is 8.07. The summed E-state index contributed by atoms with van der Waals surface area (Å²) in [5.74, 6) is -0.252. The predicted octanol–water partition coefficient (Wildman–Crippen LogP) is 2.81. The summed E-state index contributed by atoms with van der Waals surface area (Å²) in [5.41, 5.74) is 7.51. The molecule has 0 aliphatic rings. The van der Waals surface area contributed by atoms with E-state index in [1.165, 1.54) is 0 Å². The van der Waals surface area contributed by atoms with Crippen LogP contribution in [0, 0.1) is 0 Å². The molecule has 0 radical (unpaired) electrons. The van der Waals surface area contributed by atoms with E-state index < -0.39 is 17.7 Å². The first-order valence-corrected chi connectivity index (χ1v) is 9.83. The first-order chi connectivity index (χ1) is 13.7. The summed E-state index contributed by atoms with van der Waals surface area (Å²) in [6.07, 6.45) is 0.505. The fourth-order valence-electron chi connectivity index (χ4n) is 2.86. The van der Waals surface area contributed by atoms with Gasteiger partial charge in [-0.15, -0.1) is 0 Å². The van der Waals surface area contributed by atoms with Crippen LogP contribution in [0.5, 0.6) is 0 Å². The van der Waals surface area contributed by atoms with Crippen molar-refractivity contribution in [3.05, 3.63) is 71.8 Å². The molecule has 2 atom stereocenters. The maximum atomic E-state index is 12.4. The standard InChI is InChI=1S/C23H31N3O3/c1-23(2,3)29-22(28)26-19(14-17-10-6-4-7-11-17)16-25-21(27)20(24)15-18-12-8-5-9-13-18/h4-13,19-20H,14-16,24H2,1-3H3,(H,25,27)(H,26,28)/t19-,20+/m1/s1. The van der Waals surface area contributed by atoms with Crippen LogP contribution < -0.4 is 16.4 Å². The van der Waals surface area contributed by atoms with Crippen LogP contribution in [0.4, 0.5) is 4.79 Å². The summed E-state index contributed by atoms with van der Waals surface area (Å²) >= 11 is 0. The van der Waals surface area contributed by atoms with Crippen molar-refractivity contribution in [1.82, 2.24) is 10.6 Å². The van der Waals surface area contributed by atoms with E-state index in [2.05, 4.69) is 10.6 Å². The molecule has 2 aromatic rings. The molecule has 6 heteroatoms. The zero-order valence-corrected chi connectivity index (χ0v) is 17.4. The van der Waals surface area contributed by atoms with Gasteiger partial charge in [0.15, 0.2) is 0 Å². The Labute approximate surface area is 172 Å². The number of alkyl carbamates (subject to hydrolysis) is 1. The summed E-state index contributed by atoms with van der Waals surface area (Å²) in [7, 11) is 0. The van der Waals surface area contributed by atoms with Crippen molar-refractivity contribution in [3.8, 4) is 0 Å². The SMILES string of the molecule is CC(C)(C)OC(=O)N[C@@H](CNC(=O)[C@@H](N)Cc1ccccc1)Cc1ccccc1. The Morgan fingerprint density at radius 1 is 0.931 bits per heavy atom. The van der Waals surface area contributed by atoms with Gasteiger partial charge in [0.05, 0.1) is 12.1 Å². The van der Waals surface area contributed by atoms with Crippen molar-refractivity contribution < 1.29 is 14.3 Å². The van der Waals surface area contributed by atoms with E-state index in [0.717, 1.165) is 11.1 Å². The average Bonchev–Trinajstić information content (AvgIpc) is 2.66. The number of ether oxygens (including phenoxy) is 1. The van der Waals surface area contributed by atoms with Gasteiger partial charge in [-0.3, -0.25) is 4.79 Å². The van der Waals surface area contributed by atoms with Crippen LogP contribution in [0.1, 0.15) is 31.9 Å². The predicted molar refractivity (Wildman–Crippen MR) is 114 cm³/mol. The molecule has 156 valence electrons.